The van der Waals surface area contributed by atoms with Gasteiger partial charge in [-0.2, -0.15) is 0 Å². The van der Waals surface area contributed by atoms with E-state index in [-0.39, 0.29) is 23.0 Å². The summed E-state index contributed by atoms with van der Waals surface area (Å²) in [4.78, 5) is 26.8. The van der Waals surface area contributed by atoms with E-state index in [0.29, 0.717) is 18.7 Å². The summed E-state index contributed by atoms with van der Waals surface area (Å²) < 4.78 is 22.8. The fraction of sp³-hybridized carbons (Fsp3) is 0.625. The molecular formula is C16H25NO5S. The molecule has 0 aliphatic heterocycles. The zero-order valence-corrected chi connectivity index (χ0v) is 14.9. The van der Waals surface area contributed by atoms with Crippen molar-refractivity contribution in [1.29, 1.82) is 0 Å². The lowest BCUT2D eigenvalue weighted by molar-refractivity contribution is -0.146. The first kappa shape index (κ1) is 19.4. The van der Waals surface area contributed by atoms with Gasteiger partial charge in [0.05, 0.1) is 18.5 Å². The summed E-state index contributed by atoms with van der Waals surface area (Å²) in [6.45, 7) is 7.70. The van der Waals surface area contributed by atoms with Crippen molar-refractivity contribution in [3.05, 3.63) is 28.2 Å². The first-order valence-corrected chi connectivity index (χ1v) is 9.19. The van der Waals surface area contributed by atoms with Gasteiger partial charge in [0.2, 0.25) is 5.43 Å². The van der Waals surface area contributed by atoms with Crippen LogP contribution in [0.15, 0.2) is 17.1 Å². The van der Waals surface area contributed by atoms with Crippen molar-refractivity contribution in [2.45, 2.75) is 57.6 Å². The molecule has 0 spiro atoms. The molecule has 0 radical (unpaired) electrons. The van der Waals surface area contributed by atoms with E-state index >= 15 is 0 Å². The Morgan fingerprint density at radius 3 is 2.57 bits per heavy atom. The molecule has 1 aromatic rings. The molecule has 0 aromatic carbocycles. The fourth-order valence-corrected chi connectivity index (χ4v) is 3.25. The van der Waals surface area contributed by atoms with Crippen LogP contribution in [-0.2, 0) is 26.1 Å². The number of aromatic nitrogens is 1. The first-order valence-electron chi connectivity index (χ1n) is 7.81. The number of pyridine rings is 1. The van der Waals surface area contributed by atoms with Gasteiger partial charge in [-0.1, -0.05) is 13.8 Å². The Balaban J connectivity index is 2.77. The SMILES string of the molecule is CCCOc1c[nH]c(CS(=O)C(CC)C(=O)OC(C)C)cc1=O. The van der Waals surface area contributed by atoms with Crippen LogP contribution in [0.3, 0.4) is 0 Å². The largest absolute Gasteiger partial charge is 0.488 e. The third-order valence-electron chi connectivity index (χ3n) is 3.00. The average molecular weight is 343 g/mol. The summed E-state index contributed by atoms with van der Waals surface area (Å²) in [5, 5.41) is -0.697. The molecule has 1 rings (SSSR count). The number of hydrogen-bond donors (Lipinski definition) is 1. The minimum absolute atomic E-state index is 0.0923. The maximum absolute atomic E-state index is 12.4. The second kappa shape index (κ2) is 9.50. The molecule has 0 amide bonds. The third kappa shape index (κ3) is 6.17. The smallest absolute Gasteiger partial charge is 0.321 e. The molecule has 0 saturated carbocycles. The highest BCUT2D eigenvalue weighted by Crippen LogP contribution is 2.12. The normalized spacial score (nSPS) is 13.6. The highest BCUT2D eigenvalue weighted by molar-refractivity contribution is 7.85. The number of rotatable bonds is 9. The third-order valence-corrected chi connectivity index (χ3v) is 4.76. The second-order valence-electron chi connectivity index (χ2n) is 5.44. The van der Waals surface area contributed by atoms with Crippen LogP contribution in [0.1, 0.15) is 46.2 Å². The molecule has 0 saturated heterocycles. The molecule has 6 nitrogen and oxygen atoms in total. The Bertz CT molecular complexity index is 596. The zero-order valence-electron chi connectivity index (χ0n) is 14.1. The maximum Gasteiger partial charge on any atom is 0.321 e. The van der Waals surface area contributed by atoms with Gasteiger partial charge in [0, 0.05) is 28.8 Å². The lowest BCUT2D eigenvalue weighted by atomic mass is 10.3. The van der Waals surface area contributed by atoms with Crippen molar-refractivity contribution < 1.29 is 18.5 Å². The molecule has 1 aromatic heterocycles. The Morgan fingerprint density at radius 2 is 2.04 bits per heavy atom. The van der Waals surface area contributed by atoms with Gasteiger partial charge in [-0.3, -0.25) is 13.8 Å². The van der Waals surface area contributed by atoms with Gasteiger partial charge < -0.3 is 14.5 Å². The molecule has 7 heteroatoms. The van der Waals surface area contributed by atoms with Gasteiger partial charge in [0.1, 0.15) is 5.25 Å². The summed E-state index contributed by atoms with van der Waals surface area (Å²) >= 11 is 0. The Morgan fingerprint density at radius 1 is 1.35 bits per heavy atom. The Labute approximate surface area is 139 Å². The predicted octanol–water partition coefficient (Wildman–Crippen LogP) is 2.14. The number of carbonyl (C=O) groups excluding carboxylic acids is 1. The van der Waals surface area contributed by atoms with Crippen molar-refractivity contribution in [2.24, 2.45) is 0 Å². The van der Waals surface area contributed by atoms with Gasteiger partial charge in [0.25, 0.3) is 0 Å². The molecule has 130 valence electrons. The van der Waals surface area contributed by atoms with E-state index in [1.165, 1.54) is 12.3 Å². The average Bonchev–Trinajstić information content (AvgIpc) is 2.46. The van der Waals surface area contributed by atoms with E-state index in [1.807, 2.05) is 6.92 Å². The maximum atomic E-state index is 12.4. The van der Waals surface area contributed by atoms with Gasteiger partial charge in [0.15, 0.2) is 5.75 Å². The first-order chi connectivity index (χ1) is 10.9. The van der Waals surface area contributed by atoms with Crippen molar-refractivity contribution in [3.8, 4) is 5.75 Å². The molecule has 23 heavy (non-hydrogen) atoms. The van der Waals surface area contributed by atoms with E-state index in [9.17, 15) is 13.8 Å². The van der Waals surface area contributed by atoms with Crippen molar-refractivity contribution in [1.82, 2.24) is 4.98 Å². The van der Waals surface area contributed by atoms with Gasteiger partial charge in [-0.25, -0.2) is 0 Å². The number of aromatic amines is 1. The van der Waals surface area contributed by atoms with Crippen molar-refractivity contribution in [2.75, 3.05) is 6.61 Å². The van der Waals surface area contributed by atoms with Crippen molar-refractivity contribution >= 4 is 16.8 Å². The highest BCUT2D eigenvalue weighted by Gasteiger charge is 2.26. The summed E-state index contributed by atoms with van der Waals surface area (Å²) in [5.74, 6) is -0.131. The molecule has 1 N–H and O–H groups in total. The Hall–Kier alpha value is -1.63. The summed E-state index contributed by atoms with van der Waals surface area (Å²) in [7, 11) is -1.46. The molecule has 1 heterocycles. The molecule has 0 aliphatic rings. The van der Waals surface area contributed by atoms with E-state index in [4.69, 9.17) is 9.47 Å². The number of ether oxygens (including phenoxy) is 2. The summed E-state index contributed by atoms with van der Waals surface area (Å²) in [5.41, 5.74) is 0.245. The van der Waals surface area contributed by atoms with E-state index in [2.05, 4.69) is 4.98 Å². The molecular weight excluding hydrogens is 318 g/mol. The molecule has 2 atom stereocenters. The topological polar surface area (TPSA) is 85.5 Å². The van der Waals surface area contributed by atoms with Crippen LogP contribution in [0.2, 0.25) is 0 Å². The fourth-order valence-electron chi connectivity index (χ4n) is 1.93. The number of carbonyl (C=O) groups is 1. The second-order valence-corrected chi connectivity index (χ2v) is 7.06. The summed E-state index contributed by atoms with van der Waals surface area (Å²) in [6.07, 6.45) is 2.45. The van der Waals surface area contributed by atoms with E-state index < -0.39 is 22.0 Å². The van der Waals surface area contributed by atoms with E-state index in [0.717, 1.165) is 6.42 Å². The van der Waals surface area contributed by atoms with Crippen LogP contribution in [0, 0.1) is 0 Å². The monoisotopic (exact) mass is 343 g/mol. The molecule has 2 unspecified atom stereocenters. The standard InChI is InChI=1S/C16H25NO5S/c1-5-7-21-14-9-17-12(8-13(14)18)10-23(20)15(6-2)16(19)22-11(3)4/h8-9,11,15H,5-7,10H2,1-4H3,(H,17,18). The van der Waals surface area contributed by atoms with Crippen LogP contribution in [0.5, 0.6) is 5.75 Å². The quantitative estimate of drug-likeness (QED) is 0.694. The highest BCUT2D eigenvalue weighted by atomic mass is 32.2. The predicted molar refractivity (Wildman–Crippen MR) is 90.0 cm³/mol. The van der Waals surface area contributed by atoms with Crippen LogP contribution in [0.25, 0.3) is 0 Å². The Kier molecular flexibility index (Phi) is 8.02. The molecule has 0 fully saturated rings. The van der Waals surface area contributed by atoms with Crippen LogP contribution in [-0.4, -0.2) is 33.1 Å². The van der Waals surface area contributed by atoms with E-state index in [1.54, 1.807) is 20.8 Å². The molecule has 0 bridgehead atoms. The van der Waals surface area contributed by atoms with Gasteiger partial charge in [-0.15, -0.1) is 0 Å². The van der Waals surface area contributed by atoms with Crippen LogP contribution >= 0.6 is 0 Å². The lowest BCUT2D eigenvalue weighted by Crippen LogP contribution is -2.30. The van der Waals surface area contributed by atoms with Crippen LogP contribution < -0.4 is 10.2 Å². The summed E-state index contributed by atoms with van der Waals surface area (Å²) in [6, 6.07) is 1.36. The lowest BCUT2D eigenvalue weighted by Gasteiger charge is -2.16. The van der Waals surface area contributed by atoms with Crippen LogP contribution in [0.4, 0.5) is 0 Å². The van der Waals surface area contributed by atoms with Crippen molar-refractivity contribution in [3.63, 3.8) is 0 Å². The number of nitrogens with one attached hydrogen (secondary N) is 1. The van der Waals surface area contributed by atoms with Gasteiger partial charge in [-0.05, 0) is 26.7 Å². The molecule has 0 aliphatic carbocycles. The van der Waals surface area contributed by atoms with Gasteiger partial charge >= 0.3 is 5.97 Å². The minimum Gasteiger partial charge on any atom is -0.488 e. The zero-order chi connectivity index (χ0) is 17.4. The number of H-pyrrole nitrogens is 1. The number of esters is 1. The minimum atomic E-state index is -1.46. The number of hydrogen-bond acceptors (Lipinski definition) is 5.